The Morgan fingerprint density at radius 1 is 1.00 bits per heavy atom. The van der Waals surface area contributed by atoms with Crippen molar-refractivity contribution in [3.05, 3.63) is 54.1 Å². The molecule has 0 unspecified atom stereocenters. The second kappa shape index (κ2) is 7.45. The largest absolute Gasteiger partial charge is 0.481 e. The molecule has 2 amide bonds. The molecule has 0 aliphatic rings. The molecule has 0 radical (unpaired) electrons. The molecule has 5 heteroatoms. The Labute approximate surface area is 135 Å². The van der Waals surface area contributed by atoms with E-state index in [1.165, 1.54) is 6.92 Å². The van der Waals surface area contributed by atoms with Crippen molar-refractivity contribution in [2.45, 2.75) is 26.9 Å². The maximum atomic E-state index is 12.2. The van der Waals surface area contributed by atoms with E-state index in [9.17, 15) is 9.59 Å². The van der Waals surface area contributed by atoms with Crippen LogP contribution in [0.4, 0.5) is 11.4 Å². The minimum atomic E-state index is -0.664. The fourth-order valence-corrected chi connectivity index (χ4v) is 2.07. The van der Waals surface area contributed by atoms with Crippen LogP contribution in [0.25, 0.3) is 0 Å². The molecule has 0 aliphatic carbocycles. The summed E-state index contributed by atoms with van der Waals surface area (Å²) >= 11 is 0. The van der Waals surface area contributed by atoms with Crippen LogP contribution in [0.3, 0.4) is 0 Å². The molecule has 23 heavy (non-hydrogen) atoms. The molecule has 120 valence electrons. The van der Waals surface area contributed by atoms with Crippen LogP contribution in [0.1, 0.15) is 19.4 Å². The van der Waals surface area contributed by atoms with E-state index >= 15 is 0 Å². The molecular formula is C18H20N2O3. The van der Waals surface area contributed by atoms with Gasteiger partial charge in [-0.05, 0) is 43.7 Å². The summed E-state index contributed by atoms with van der Waals surface area (Å²) in [5.41, 5.74) is 2.43. The predicted molar refractivity (Wildman–Crippen MR) is 90.6 cm³/mol. The lowest BCUT2D eigenvalue weighted by Crippen LogP contribution is -2.30. The third kappa shape index (κ3) is 5.14. The Morgan fingerprint density at radius 2 is 1.65 bits per heavy atom. The van der Waals surface area contributed by atoms with Crippen molar-refractivity contribution in [3.63, 3.8) is 0 Å². The molecule has 0 fully saturated rings. The van der Waals surface area contributed by atoms with Gasteiger partial charge in [-0.3, -0.25) is 9.59 Å². The second-order valence-corrected chi connectivity index (χ2v) is 5.33. The first-order chi connectivity index (χ1) is 10.9. The lowest BCUT2D eigenvalue weighted by Gasteiger charge is -2.15. The van der Waals surface area contributed by atoms with E-state index in [1.807, 2.05) is 31.2 Å². The van der Waals surface area contributed by atoms with Crippen LogP contribution < -0.4 is 15.4 Å². The van der Waals surface area contributed by atoms with Gasteiger partial charge in [0.2, 0.25) is 5.91 Å². The minimum Gasteiger partial charge on any atom is -0.481 e. The van der Waals surface area contributed by atoms with E-state index in [0.717, 1.165) is 11.3 Å². The van der Waals surface area contributed by atoms with Crippen LogP contribution in [-0.2, 0) is 9.59 Å². The standard InChI is InChI=1S/C18H20N2O3/c1-12-6-4-7-15(10-12)20-18(22)13(2)23-17-9-5-8-16(11-17)19-14(3)21/h4-11,13H,1-3H3,(H,19,21)(H,20,22)/t13-/m1/s1. The Bertz CT molecular complexity index is 713. The molecule has 2 rings (SSSR count). The summed E-state index contributed by atoms with van der Waals surface area (Å²) in [6, 6.07) is 14.5. The second-order valence-electron chi connectivity index (χ2n) is 5.33. The van der Waals surface area contributed by atoms with Crippen molar-refractivity contribution >= 4 is 23.2 Å². The van der Waals surface area contributed by atoms with E-state index < -0.39 is 6.10 Å². The molecule has 2 N–H and O–H groups in total. The van der Waals surface area contributed by atoms with Crippen LogP contribution >= 0.6 is 0 Å². The molecule has 0 saturated heterocycles. The minimum absolute atomic E-state index is 0.160. The van der Waals surface area contributed by atoms with Crippen molar-refractivity contribution < 1.29 is 14.3 Å². The number of carbonyl (C=O) groups excluding carboxylic acids is 2. The van der Waals surface area contributed by atoms with Gasteiger partial charge in [0.05, 0.1) is 0 Å². The van der Waals surface area contributed by atoms with E-state index in [0.29, 0.717) is 11.4 Å². The van der Waals surface area contributed by atoms with Crippen molar-refractivity contribution in [3.8, 4) is 5.75 Å². The molecule has 1 atom stereocenters. The summed E-state index contributed by atoms with van der Waals surface area (Å²) < 4.78 is 5.64. The maximum absolute atomic E-state index is 12.2. The number of hydrogen-bond donors (Lipinski definition) is 2. The van der Waals surface area contributed by atoms with E-state index in [2.05, 4.69) is 10.6 Å². The average Bonchev–Trinajstić information content (AvgIpc) is 2.46. The first-order valence-electron chi connectivity index (χ1n) is 7.36. The quantitative estimate of drug-likeness (QED) is 0.889. The van der Waals surface area contributed by atoms with Gasteiger partial charge in [-0.2, -0.15) is 0 Å². The van der Waals surface area contributed by atoms with Crippen LogP contribution in [-0.4, -0.2) is 17.9 Å². The van der Waals surface area contributed by atoms with Crippen LogP contribution in [0, 0.1) is 6.92 Å². The Balaban J connectivity index is 1.99. The van der Waals surface area contributed by atoms with Gasteiger partial charge in [-0.25, -0.2) is 0 Å². The van der Waals surface area contributed by atoms with Crippen LogP contribution in [0.5, 0.6) is 5.75 Å². The number of hydrogen-bond acceptors (Lipinski definition) is 3. The third-order valence-corrected chi connectivity index (χ3v) is 3.12. The van der Waals surface area contributed by atoms with E-state index in [4.69, 9.17) is 4.74 Å². The fourth-order valence-electron chi connectivity index (χ4n) is 2.07. The van der Waals surface area contributed by atoms with E-state index in [-0.39, 0.29) is 11.8 Å². The van der Waals surface area contributed by atoms with Crippen LogP contribution in [0.15, 0.2) is 48.5 Å². The number of ether oxygens (including phenoxy) is 1. The summed E-state index contributed by atoms with van der Waals surface area (Å²) in [7, 11) is 0. The number of amides is 2. The Hall–Kier alpha value is -2.82. The molecule has 5 nitrogen and oxygen atoms in total. The van der Waals surface area contributed by atoms with Crippen molar-refractivity contribution in [2.75, 3.05) is 10.6 Å². The highest BCUT2D eigenvalue weighted by Gasteiger charge is 2.15. The highest BCUT2D eigenvalue weighted by molar-refractivity contribution is 5.94. The zero-order valence-corrected chi connectivity index (χ0v) is 13.4. The van der Waals surface area contributed by atoms with Gasteiger partial charge >= 0.3 is 0 Å². The van der Waals surface area contributed by atoms with Gasteiger partial charge in [0, 0.05) is 24.4 Å². The summed E-state index contributed by atoms with van der Waals surface area (Å²) in [5, 5.41) is 5.49. The summed E-state index contributed by atoms with van der Waals surface area (Å²) in [6.45, 7) is 5.07. The van der Waals surface area contributed by atoms with Gasteiger partial charge < -0.3 is 15.4 Å². The summed E-state index contributed by atoms with van der Waals surface area (Å²) in [6.07, 6.45) is -0.664. The zero-order valence-electron chi connectivity index (χ0n) is 13.4. The molecular weight excluding hydrogens is 292 g/mol. The zero-order chi connectivity index (χ0) is 16.8. The SMILES string of the molecule is CC(=O)Nc1cccc(O[C@H](C)C(=O)Nc2cccc(C)c2)c1. The molecule has 0 heterocycles. The molecule has 2 aromatic carbocycles. The van der Waals surface area contributed by atoms with Gasteiger partial charge in [0.25, 0.3) is 5.91 Å². The summed E-state index contributed by atoms with van der Waals surface area (Å²) in [4.78, 5) is 23.3. The predicted octanol–water partition coefficient (Wildman–Crippen LogP) is 3.36. The Kier molecular flexibility index (Phi) is 5.36. The van der Waals surface area contributed by atoms with Crippen molar-refractivity contribution in [1.29, 1.82) is 0 Å². The number of nitrogens with one attached hydrogen (secondary N) is 2. The number of benzene rings is 2. The Morgan fingerprint density at radius 3 is 2.30 bits per heavy atom. The van der Waals surface area contributed by atoms with Gasteiger partial charge in [0.15, 0.2) is 6.10 Å². The van der Waals surface area contributed by atoms with Crippen LogP contribution in [0.2, 0.25) is 0 Å². The maximum Gasteiger partial charge on any atom is 0.265 e. The molecule has 0 saturated carbocycles. The lowest BCUT2D eigenvalue weighted by atomic mass is 10.2. The lowest BCUT2D eigenvalue weighted by molar-refractivity contribution is -0.122. The molecule has 0 aromatic heterocycles. The van der Waals surface area contributed by atoms with Gasteiger partial charge in [0.1, 0.15) is 5.75 Å². The fraction of sp³-hybridized carbons (Fsp3) is 0.222. The number of anilines is 2. The van der Waals surface area contributed by atoms with E-state index in [1.54, 1.807) is 31.2 Å². The summed E-state index contributed by atoms with van der Waals surface area (Å²) in [5.74, 6) is 0.121. The monoisotopic (exact) mass is 312 g/mol. The number of aryl methyl sites for hydroxylation is 1. The first kappa shape index (κ1) is 16.5. The molecule has 0 aliphatic heterocycles. The first-order valence-corrected chi connectivity index (χ1v) is 7.36. The van der Waals surface area contributed by atoms with Gasteiger partial charge in [-0.1, -0.05) is 18.2 Å². The number of carbonyl (C=O) groups is 2. The normalized spacial score (nSPS) is 11.4. The van der Waals surface area contributed by atoms with Crippen molar-refractivity contribution in [1.82, 2.24) is 0 Å². The number of rotatable bonds is 5. The molecule has 0 bridgehead atoms. The molecule has 0 spiro atoms. The van der Waals surface area contributed by atoms with Crippen molar-refractivity contribution in [2.24, 2.45) is 0 Å². The molecule has 2 aromatic rings. The highest BCUT2D eigenvalue weighted by Crippen LogP contribution is 2.19. The topological polar surface area (TPSA) is 67.4 Å². The van der Waals surface area contributed by atoms with Gasteiger partial charge in [-0.15, -0.1) is 0 Å². The third-order valence-electron chi connectivity index (χ3n) is 3.12. The average molecular weight is 312 g/mol. The highest BCUT2D eigenvalue weighted by atomic mass is 16.5. The smallest absolute Gasteiger partial charge is 0.265 e.